The smallest absolute Gasteiger partial charge is 0.330 e. The zero-order chi connectivity index (χ0) is 13.5. The second kappa shape index (κ2) is 13.8. The maximum absolute atomic E-state index is 10.9. The third kappa shape index (κ3) is 12.8. The van der Waals surface area contributed by atoms with Crippen LogP contribution in [0.15, 0.2) is 36.5 Å². The quantitative estimate of drug-likeness (QED) is 0.186. The first-order chi connectivity index (χ1) is 8.81. The highest BCUT2D eigenvalue weighted by molar-refractivity contribution is 5.82. The Morgan fingerprint density at radius 2 is 1.67 bits per heavy atom. The topological polar surface area (TPSA) is 26.3 Å². The van der Waals surface area contributed by atoms with Crippen LogP contribution in [0.4, 0.5) is 0 Å². The Kier molecular flexibility index (Phi) is 12.8. The number of hydrogen-bond acceptors (Lipinski definition) is 2. The van der Waals surface area contributed by atoms with Crippen LogP contribution in [0.5, 0.6) is 0 Å². The van der Waals surface area contributed by atoms with Crippen molar-refractivity contribution < 1.29 is 9.53 Å². The van der Waals surface area contributed by atoms with Gasteiger partial charge in [-0.3, -0.25) is 0 Å². The molecule has 0 aliphatic heterocycles. The zero-order valence-electron chi connectivity index (χ0n) is 11.7. The largest absolute Gasteiger partial charge is 0.463 e. The number of unbranched alkanes of at least 4 members (excludes halogenated alkanes) is 4. The van der Waals surface area contributed by atoms with Crippen molar-refractivity contribution in [3.8, 4) is 0 Å². The highest BCUT2D eigenvalue weighted by atomic mass is 16.5. The summed E-state index contributed by atoms with van der Waals surface area (Å²) in [5.74, 6) is -0.280. The number of ether oxygens (including phenoxy) is 1. The van der Waals surface area contributed by atoms with E-state index in [0.29, 0.717) is 6.61 Å². The summed E-state index contributed by atoms with van der Waals surface area (Å²) in [6, 6.07) is 0. The Morgan fingerprint density at radius 1 is 0.944 bits per heavy atom. The van der Waals surface area contributed by atoms with Gasteiger partial charge in [0.05, 0.1) is 6.61 Å². The molecule has 0 aromatic rings. The van der Waals surface area contributed by atoms with E-state index < -0.39 is 0 Å². The van der Waals surface area contributed by atoms with Crippen molar-refractivity contribution >= 4 is 5.97 Å². The van der Waals surface area contributed by atoms with Crippen LogP contribution in [-0.2, 0) is 9.53 Å². The fourth-order valence-corrected chi connectivity index (χ4v) is 1.44. The Bertz CT molecular complexity index is 275. The number of rotatable bonds is 10. The van der Waals surface area contributed by atoms with Crippen LogP contribution >= 0.6 is 0 Å². The number of allylic oxidation sites excluding steroid dienone is 5. The number of carbonyl (C=O) groups is 1. The van der Waals surface area contributed by atoms with E-state index >= 15 is 0 Å². The monoisotopic (exact) mass is 250 g/mol. The van der Waals surface area contributed by atoms with Crippen molar-refractivity contribution in [1.82, 2.24) is 0 Å². The molecule has 2 heteroatoms. The molecule has 0 aromatic carbocycles. The molecule has 0 bridgehead atoms. The van der Waals surface area contributed by atoms with Crippen LogP contribution in [0.1, 0.15) is 52.4 Å². The van der Waals surface area contributed by atoms with Gasteiger partial charge in [-0.25, -0.2) is 4.79 Å². The van der Waals surface area contributed by atoms with Crippen molar-refractivity contribution in [2.75, 3.05) is 6.61 Å². The van der Waals surface area contributed by atoms with Gasteiger partial charge in [-0.15, -0.1) is 0 Å². The van der Waals surface area contributed by atoms with Gasteiger partial charge in [-0.2, -0.15) is 0 Å². The first kappa shape index (κ1) is 16.7. The standard InChI is InChI=1S/C16H26O2/c1-3-5-6-7-8-9-10-11-12-13-14-15-16(17)18-4-2/h8-9,12-15H,3-7,10-11H2,1-2H3. The van der Waals surface area contributed by atoms with E-state index in [4.69, 9.17) is 4.74 Å². The average molecular weight is 250 g/mol. The summed E-state index contributed by atoms with van der Waals surface area (Å²) in [7, 11) is 0. The van der Waals surface area contributed by atoms with E-state index in [-0.39, 0.29) is 5.97 Å². The molecule has 18 heavy (non-hydrogen) atoms. The van der Waals surface area contributed by atoms with Gasteiger partial charge in [0.1, 0.15) is 0 Å². The van der Waals surface area contributed by atoms with E-state index in [0.717, 1.165) is 12.8 Å². The Morgan fingerprint density at radius 3 is 2.39 bits per heavy atom. The van der Waals surface area contributed by atoms with Gasteiger partial charge in [0.15, 0.2) is 0 Å². The van der Waals surface area contributed by atoms with Gasteiger partial charge in [-0.05, 0) is 32.6 Å². The molecule has 0 rings (SSSR count). The molecule has 0 saturated heterocycles. The van der Waals surface area contributed by atoms with Crippen molar-refractivity contribution in [3.63, 3.8) is 0 Å². The van der Waals surface area contributed by atoms with E-state index in [2.05, 4.69) is 25.2 Å². The molecule has 0 radical (unpaired) electrons. The van der Waals surface area contributed by atoms with Gasteiger partial charge in [-0.1, -0.05) is 50.1 Å². The number of esters is 1. The molecule has 0 N–H and O–H groups in total. The summed E-state index contributed by atoms with van der Waals surface area (Å²) >= 11 is 0. The first-order valence-electron chi connectivity index (χ1n) is 6.96. The first-order valence-corrected chi connectivity index (χ1v) is 6.96. The number of carbonyl (C=O) groups excluding carboxylic acids is 1. The third-order valence-corrected chi connectivity index (χ3v) is 2.41. The molecule has 0 amide bonds. The van der Waals surface area contributed by atoms with E-state index in [1.54, 1.807) is 13.0 Å². The fraction of sp³-hybridized carbons (Fsp3) is 0.562. The highest BCUT2D eigenvalue weighted by Gasteiger charge is 1.89. The molecule has 0 aliphatic carbocycles. The minimum atomic E-state index is -0.280. The lowest BCUT2D eigenvalue weighted by Gasteiger charge is -1.92. The van der Waals surface area contributed by atoms with Crippen LogP contribution in [0, 0.1) is 0 Å². The molecular formula is C16H26O2. The minimum absolute atomic E-state index is 0.280. The average Bonchev–Trinajstić information content (AvgIpc) is 2.36. The van der Waals surface area contributed by atoms with Crippen LogP contribution < -0.4 is 0 Å². The van der Waals surface area contributed by atoms with Gasteiger partial charge >= 0.3 is 5.97 Å². The molecule has 0 atom stereocenters. The molecule has 0 aliphatic rings. The van der Waals surface area contributed by atoms with Crippen molar-refractivity contribution in [3.05, 3.63) is 36.5 Å². The molecule has 0 saturated carbocycles. The van der Waals surface area contributed by atoms with Crippen molar-refractivity contribution in [2.45, 2.75) is 52.4 Å². The van der Waals surface area contributed by atoms with Crippen LogP contribution in [0.25, 0.3) is 0 Å². The zero-order valence-corrected chi connectivity index (χ0v) is 11.7. The number of hydrogen-bond donors (Lipinski definition) is 0. The van der Waals surface area contributed by atoms with Crippen LogP contribution in [0.2, 0.25) is 0 Å². The van der Waals surface area contributed by atoms with Crippen molar-refractivity contribution in [2.24, 2.45) is 0 Å². The maximum Gasteiger partial charge on any atom is 0.330 e. The van der Waals surface area contributed by atoms with E-state index in [9.17, 15) is 4.79 Å². The normalized spacial score (nSPS) is 11.9. The van der Waals surface area contributed by atoms with Gasteiger partial charge in [0.25, 0.3) is 0 Å². The summed E-state index contributed by atoms with van der Waals surface area (Å²) in [6.45, 7) is 4.45. The highest BCUT2D eigenvalue weighted by Crippen LogP contribution is 2.01. The van der Waals surface area contributed by atoms with Crippen LogP contribution in [0.3, 0.4) is 0 Å². The van der Waals surface area contributed by atoms with Gasteiger partial charge < -0.3 is 4.74 Å². The Balaban J connectivity index is 3.45. The minimum Gasteiger partial charge on any atom is -0.463 e. The molecular weight excluding hydrogens is 224 g/mol. The summed E-state index contributed by atoms with van der Waals surface area (Å²) in [5, 5.41) is 0. The fourth-order valence-electron chi connectivity index (χ4n) is 1.44. The van der Waals surface area contributed by atoms with E-state index in [1.807, 2.05) is 6.08 Å². The van der Waals surface area contributed by atoms with Gasteiger partial charge in [0, 0.05) is 6.08 Å². The predicted octanol–water partition coefficient (Wildman–Crippen LogP) is 4.58. The summed E-state index contributed by atoms with van der Waals surface area (Å²) in [4.78, 5) is 10.9. The summed E-state index contributed by atoms with van der Waals surface area (Å²) < 4.78 is 4.76. The second-order valence-electron chi connectivity index (χ2n) is 4.08. The molecule has 0 aromatic heterocycles. The van der Waals surface area contributed by atoms with Crippen molar-refractivity contribution in [1.29, 1.82) is 0 Å². The van der Waals surface area contributed by atoms with Gasteiger partial charge in [0.2, 0.25) is 0 Å². The Labute approximate surface area is 111 Å². The molecule has 0 fully saturated rings. The van der Waals surface area contributed by atoms with Crippen LogP contribution in [-0.4, -0.2) is 12.6 Å². The maximum atomic E-state index is 10.9. The Hall–Kier alpha value is -1.31. The SMILES string of the molecule is CCCCCC=CCCC=CC=CC(=O)OCC. The lowest BCUT2D eigenvalue weighted by Crippen LogP contribution is -1.98. The lowest BCUT2D eigenvalue weighted by atomic mass is 10.2. The molecule has 0 spiro atoms. The lowest BCUT2D eigenvalue weighted by molar-refractivity contribution is -0.137. The molecule has 0 heterocycles. The summed E-state index contributed by atoms with van der Waals surface area (Å²) in [6.07, 6.45) is 18.8. The second-order valence-corrected chi connectivity index (χ2v) is 4.08. The summed E-state index contributed by atoms with van der Waals surface area (Å²) in [5.41, 5.74) is 0. The third-order valence-electron chi connectivity index (χ3n) is 2.41. The predicted molar refractivity (Wildman–Crippen MR) is 77.4 cm³/mol. The molecule has 102 valence electrons. The molecule has 2 nitrogen and oxygen atoms in total. The van der Waals surface area contributed by atoms with E-state index in [1.165, 1.54) is 31.8 Å². The molecule has 0 unspecified atom stereocenters.